The fourth-order valence-corrected chi connectivity index (χ4v) is 1.46. The van der Waals surface area contributed by atoms with Crippen molar-refractivity contribution in [3.8, 4) is 5.75 Å². The molecule has 2 N–H and O–H groups in total. The van der Waals surface area contributed by atoms with Gasteiger partial charge in [0.15, 0.2) is 0 Å². The van der Waals surface area contributed by atoms with Gasteiger partial charge in [0.1, 0.15) is 18.1 Å². The summed E-state index contributed by atoms with van der Waals surface area (Å²) in [4.78, 5) is 10.6. The van der Waals surface area contributed by atoms with Gasteiger partial charge in [0.2, 0.25) is 5.76 Å². The van der Waals surface area contributed by atoms with E-state index in [4.69, 9.17) is 19.4 Å². The number of carboxylic acids is 1. The number of rotatable bonds is 5. The summed E-state index contributed by atoms with van der Waals surface area (Å²) in [7, 11) is 0. The minimum absolute atomic E-state index is 0.0545. The van der Waals surface area contributed by atoms with Crippen LogP contribution in [-0.2, 0) is 13.2 Å². The zero-order valence-corrected chi connectivity index (χ0v) is 9.50. The van der Waals surface area contributed by atoms with Crippen molar-refractivity contribution in [1.82, 2.24) is 0 Å². The van der Waals surface area contributed by atoms with E-state index in [9.17, 15) is 4.79 Å². The van der Waals surface area contributed by atoms with E-state index in [0.29, 0.717) is 11.5 Å². The number of aliphatic hydroxyl groups excluding tert-OH is 1. The predicted octanol–water partition coefficient (Wildman–Crippen LogP) is 2.05. The first-order valence-corrected chi connectivity index (χ1v) is 5.33. The molecule has 0 unspecified atom stereocenters. The zero-order chi connectivity index (χ0) is 13.0. The number of aromatic carboxylic acids is 1. The maximum Gasteiger partial charge on any atom is 0.371 e. The fraction of sp³-hybridized carbons (Fsp3) is 0.154. The van der Waals surface area contributed by atoms with Crippen molar-refractivity contribution in [1.29, 1.82) is 0 Å². The van der Waals surface area contributed by atoms with Gasteiger partial charge >= 0.3 is 5.97 Å². The molecule has 94 valence electrons. The molecule has 1 heterocycles. The number of furan rings is 1. The molecular formula is C13H12O5. The molecule has 0 spiro atoms. The summed E-state index contributed by atoms with van der Waals surface area (Å²) in [5.41, 5.74) is 0.748. The molecular weight excluding hydrogens is 236 g/mol. The third kappa shape index (κ3) is 2.89. The van der Waals surface area contributed by atoms with Gasteiger partial charge in [0, 0.05) is 0 Å². The SMILES string of the molecule is O=C(O)c1ccc(COc2cccc(CO)c2)o1. The van der Waals surface area contributed by atoms with Crippen LogP contribution in [0.3, 0.4) is 0 Å². The van der Waals surface area contributed by atoms with Crippen LogP contribution in [0.2, 0.25) is 0 Å². The molecule has 2 rings (SSSR count). The van der Waals surface area contributed by atoms with Crippen LogP contribution in [0.15, 0.2) is 40.8 Å². The molecule has 1 aromatic carbocycles. The summed E-state index contributed by atoms with van der Waals surface area (Å²) >= 11 is 0. The molecule has 18 heavy (non-hydrogen) atoms. The number of hydrogen-bond donors (Lipinski definition) is 2. The van der Waals surface area contributed by atoms with Crippen molar-refractivity contribution >= 4 is 5.97 Å². The summed E-state index contributed by atoms with van der Waals surface area (Å²) in [6.45, 7) is 0.0866. The third-order valence-corrected chi connectivity index (χ3v) is 2.33. The first-order chi connectivity index (χ1) is 8.69. The van der Waals surface area contributed by atoms with Gasteiger partial charge in [-0.15, -0.1) is 0 Å². The van der Waals surface area contributed by atoms with Crippen molar-refractivity contribution in [2.45, 2.75) is 13.2 Å². The molecule has 5 nitrogen and oxygen atoms in total. The number of carboxylic acid groups (broad SMARTS) is 1. The smallest absolute Gasteiger partial charge is 0.371 e. The molecule has 0 aliphatic rings. The molecule has 0 aliphatic carbocycles. The standard InChI is InChI=1S/C13H12O5/c14-7-9-2-1-3-10(6-9)17-8-11-4-5-12(18-11)13(15)16/h1-6,14H,7-8H2,(H,15,16). The van der Waals surface area contributed by atoms with Crippen LogP contribution >= 0.6 is 0 Å². The number of ether oxygens (including phenoxy) is 1. The number of hydrogen-bond acceptors (Lipinski definition) is 4. The van der Waals surface area contributed by atoms with Gasteiger partial charge in [-0.3, -0.25) is 0 Å². The van der Waals surface area contributed by atoms with Crippen molar-refractivity contribution in [3.05, 3.63) is 53.5 Å². The van der Waals surface area contributed by atoms with Gasteiger partial charge in [0.05, 0.1) is 6.61 Å². The van der Waals surface area contributed by atoms with Crippen molar-refractivity contribution in [3.63, 3.8) is 0 Å². The minimum Gasteiger partial charge on any atom is -0.486 e. The van der Waals surface area contributed by atoms with Crippen LogP contribution in [-0.4, -0.2) is 16.2 Å². The Bertz CT molecular complexity index is 544. The molecule has 0 radical (unpaired) electrons. The van der Waals surface area contributed by atoms with Crippen LogP contribution in [0.5, 0.6) is 5.75 Å². The Morgan fingerprint density at radius 3 is 2.78 bits per heavy atom. The highest BCUT2D eigenvalue weighted by molar-refractivity contribution is 5.84. The van der Waals surface area contributed by atoms with Gasteiger partial charge in [-0.1, -0.05) is 12.1 Å². The monoisotopic (exact) mass is 248 g/mol. The van der Waals surface area contributed by atoms with E-state index >= 15 is 0 Å². The van der Waals surface area contributed by atoms with Gasteiger partial charge in [-0.05, 0) is 29.8 Å². The van der Waals surface area contributed by atoms with Gasteiger partial charge in [0.25, 0.3) is 0 Å². The second-order valence-corrected chi connectivity index (χ2v) is 3.67. The molecule has 2 aromatic rings. The Morgan fingerprint density at radius 1 is 1.28 bits per heavy atom. The van der Waals surface area contributed by atoms with Crippen LogP contribution in [0.25, 0.3) is 0 Å². The normalized spacial score (nSPS) is 10.3. The van der Waals surface area contributed by atoms with E-state index in [2.05, 4.69) is 0 Å². The first kappa shape index (κ1) is 12.2. The van der Waals surface area contributed by atoms with Crippen molar-refractivity contribution < 1.29 is 24.2 Å². The largest absolute Gasteiger partial charge is 0.486 e. The van der Waals surface area contributed by atoms with E-state index in [1.165, 1.54) is 6.07 Å². The lowest BCUT2D eigenvalue weighted by Gasteiger charge is -2.05. The Morgan fingerprint density at radius 2 is 2.11 bits per heavy atom. The predicted molar refractivity (Wildman–Crippen MR) is 62.4 cm³/mol. The van der Waals surface area contributed by atoms with Crippen molar-refractivity contribution in [2.24, 2.45) is 0 Å². The lowest BCUT2D eigenvalue weighted by molar-refractivity contribution is 0.0658. The number of aliphatic hydroxyl groups is 1. The van der Waals surface area contributed by atoms with Crippen LogP contribution in [0, 0.1) is 0 Å². The zero-order valence-electron chi connectivity index (χ0n) is 9.50. The summed E-state index contributed by atoms with van der Waals surface area (Å²) in [5.74, 6) is -0.196. The van der Waals surface area contributed by atoms with E-state index in [1.807, 2.05) is 0 Å². The second kappa shape index (κ2) is 5.37. The van der Waals surface area contributed by atoms with Gasteiger partial charge in [-0.25, -0.2) is 4.79 Å². The quantitative estimate of drug-likeness (QED) is 0.846. The highest BCUT2D eigenvalue weighted by atomic mass is 16.5. The van der Waals surface area contributed by atoms with Gasteiger partial charge < -0.3 is 19.4 Å². The van der Waals surface area contributed by atoms with E-state index in [-0.39, 0.29) is 19.0 Å². The summed E-state index contributed by atoms with van der Waals surface area (Å²) in [6, 6.07) is 9.94. The molecule has 0 saturated heterocycles. The van der Waals surface area contributed by atoms with E-state index < -0.39 is 5.97 Å². The highest BCUT2D eigenvalue weighted by Crippen LogP contribution is 2.16. The maximum atomic E-state index is 10.6. The van der Waals surface area contributed by atoms with Crippen LogP contribution in [0.1, 0.15) is 21.9 Å². The average molecular weight is 248 g/mol. The first-order valence-electron chi connectivity index (χ1n) is 5.33. The second-order valence-electron chi connectivity index (χ2n) is 3.67. The number of carbonyl (C=O) groups is 1. The van der Waals surface area contributed by atoms with E-state index in [1.54, 1.807) is 30.3 Å². The third-order valence-electron chi connectivity index (χ3n) is 2.33. The molecule has 0 atom stereocenters. The van der Waals surface area contributed by atoms with Gasteiger partial charge in [-0.2, -0.15) is 0 Å². The minimum atomic E-state index is -1.11. The Labute approximate surface area is 103 Å². The summed E-state index contributed by atoms with van der Waals surface area (Å²) in [5, 5.41) is 17.7. The average Bonchev–Trinajstić information content (AvgIpc) is 2.85. The number of benzene rings is 1. The molecule has 0 aliphatic heterocycles. The molecule has 1 aromatic heterocycles. The molecule has 0 bridgehead atoms. The summed E-state index contributed by atoms with van der Waals surface area (Å²) < 4.78 is 10.5. The maximum absolute atomic E-state index is 10.6. The Hall–Kier alpha value is -2.27. The lowest BCUT2D eigenvalue weighted by Crippen LogP contribution is -1.95. The molecule has 0 amide bonds. The highest BCUT2D eigenvalue weighted by Gasteiger charge is 2.09. The molecule has 0 fully saturated rings. The van der Waals surface area contributed by atoms with E-state index in [0.717, 1.165) is 5.56 Å². The molecule has 5 heteroatoms. The Balaban J connectivity index is 1.99. The molecule has 0 saturated carbocycles. The Kier molecular flexibility index (Phi) is 3.64. The van der Waals surface area contributed by atoms with Crippen LogP contribution in [0.4, 0.5) is 0 Å². The summed E-state index contributed by atoms with van der Waals surface area (Å²) in [6.07, 6.45) is 0. The topological polar surface area (TPSA) is 79.9 Å². The van der Waals surface area contributed by atoms with Crippen LogP contribution < -0.4 is 4.74 Å². The van der Waals surface area contributed by atoms with Crippen molar-refractivity contribution in [2.75, 3.05) is 0 Å². The fourth-order valence-electron chi connectivity index (χ4n) is 1.46. The lowest BCUT2D eigenvalue weighted by atomic mass is 10.2.